The summed E-state index contributed by atoms with van der Waals surface area (Å²) in [7, 11) is 3.63. The Morgan fingerprint density at radius 3 is 2.68 bits per heavy atom. The van der Waals surface area contributed by atoms with Crippen LogP contribution in [0.25, 0.3) is 0 Å². The molecule has 3 rings (SSSR count). The van der Waals surface area contributed by atoms with Crippen LogP contribution in [0.5, 0.6) is 5.88 Å². The smallest absolute Gasteiger partial charge is 0.216 e. The topological polar surface area (TPSA) is 69.8 Å². The molecule has 0 saturated carbocycles. The third-order valence-corrected chi connectivity index (χ3v) is 4.97. The maximum absolute atomic E-state index is 5.56. The summed E-state index contributed by atoms with van der Waals surface area (Å²) in [5.41, 5.74) is 2.21. The Morgan fingerprint density at radius 2 is 1.96 bits per heavy atom. The number of aryl methyl sites for hydroxylation is 2. The molecule has 0 spiro atoms. The van der Waals surface area contributed by atoms with Crippen LogP contribution in [0.2, 0.25) is 0 Å². The first-order chi connectivity index (χ1) is 12.0. The SMILES string of the molecule is COc1c(CN[C@@H](C)c2nnc3n2CCCCC3)c(C(C)C)nn1C. The molecule has 1 aliphatic rings. The zero-order valence-corrected chi connectivity index (χ0v) is 16.0. The van der Waals surface area contributed by atoms with Crippen LogP contribution in [0.4, 0.5) is 0 Å². The van der Waals surface area contributed by atoms with Crippen molar-refractivity contribution in [3.63, 3.8) is 0 Å². The predicted molar refractivity (Wildman–Crippen MR) is 96.7 cm³/mol. The third-order valence-electron chi connectivity index (χ3n) is 4.97. The Balaban J connectivity index is 1.77. The van der Waals surface area contributed by atoms with E-state index < -0.39 is 0 Å². The molecule has 0 bridgehead atoms. The molecular formula is C18H30N6O. The van der Waals surface area contributed by atoms with Crippen LogP contribution in [0.3, 0.4) is 0 Å². The monoisotopic (exact) mass is 346 g/mol. The van der Waals surface area contributed by atoms with Gasteiger partial charge in [-0.15, -0.1) is 10.2 Å². The summed E-state index contributed by atoms with van der Waals surface area (Å²) in [6.45, 7) is 8.20. The summed E-state index contributed by atoms with van der Waals surface area (Å²) in [5.74, 6) is 3.34. The normalized spacial score (nSPS) is 15.9. The van der Waals surface area contributed by atoms with Crippen molar-refractivity contribution in [2.45, 2.75) is 71.5 Å². The lowest BCUT2D eigenvalue weighted by Gasteiger charge is -2.16. The van der Waals surface area contributed by atoms with Gasteiger partial charge in [-0.3, -0.25) is 0 Å². The quantitative estimate of drug-likeness (QED) is 0.871. The molecule has 0 fully saturated rings. The molecule has 0 saturated heterocycles. The van der Waals surface area contributed by atoms with E-state index in [0.29, 0.717) is 12.5 Å². The van der Waals surface area contributed by atoms with Crippen LogP contribution >= 0.6 is 0 Å². The maximum Gasteiger partial charge on any atom is 0.216 e. The molecule has 2 aromatic heterocycles. The summed E-state index contributed by atoms with van der Waals surface area (Å²) >= 11 is 0. The molecule has 0 aliphatic carbocycles. The molecule has 3 heterocycles. The van der Waals surface area contributed by atoms with Crippen LogP contribution in [0.1, 0.15) is 74.9 Å². The first-order valence-corrected chi connectivity index (χ1v) is 9.28. The Hall–Kier alpha value is -1.89. The minimum absolute atomic E-state index is 0.129. The minimum Gasteiger partial charge on any atom is -0.481 e. The van der Waals surface area contributed by atoms with E-state index >= 15 is 0 Å². The highest BCUT2D eigenvalue weighted by molar-refractivity contribution is 5.33. The standard InChI is InChI=1S/C18H30N6O/c1-12(2)16-14(18(25-5)23(4)22-16)11-19-13(3)17-21-20-15-9-7-6-8-10-24(15)17/h12-13,19H,6-11H2,1-5H3/t13-/m0/s1. The van der Waals surface area contributed by atoms with Gasteiger partial charge in [0.2, 0.25) is 5.88 Å². The fourth-order valence-electron chi connectivity index (χ4n) is 3.63. The van der Waals surface area contributed by atoms with Gasteiger partial charge in [0.25, 0.3) is 0 Å². The highest BCUT2D eigenvalue weighted by Gasteiger charge is 2.22. The summed E-state index contributed by atoms with van der Waals surface area (Å²) < 4.78 is 9.68. The van der Waals surface area contributed by atoms with E-state index in [0.717, 1.165) is 41.8 Å². The second kappa shape index (κ2) is 7.56. The molecular weight excluding hydrogens is 316 g/mol. The number of methoxy groups -OCH3 is 1. The van der Waals surface area contributed by atoms with Gasteiger partial charge in [-0.1, -0.05) is 20.3 Å². The molecule has 7 heteroatoms. The summed E-state index contributed by atoms with van der Waals surface area (Å²) in [4.78, 5) is 0. The largest absolute Gasteiger partial charge is 0.481 e. The van der Waals surface area contributed by atoms with Crippen molar-refractivity contribution in [1.29, 1.82) is 0 Å². The third kappa shape index (κ3) is 3.56. The lowest BCUT2D eigenvalue weighted by atomic mass is 10.1. The fourth-order valence-corrected chi connectivity index (χ4v) is 3.63. The maximum atomic E-state index is 5.56. The highest BCUT2D eigenvalue weighted by Crippen LogP contribution is 2.28. The number of aromatic nitrogens is 5. The first-order valence-electron chi connectivity index (χ1n) is 9.28. The van der Waals surface area contributed by atoms with E-state index in [9.17, 15) is 0 Å². The van der Waals surface area contributed by atoms with Crippen molar-refractivity contribution in [3.8, 4) is 5.88 Å². The lowest BCUT2D eigenvalue weighted by molar-refractivity contribution is 0.366. The fraction of sp³-hybridized carbons (Fsp3) is 0.722. The number of hydrogen-bond donors (Lipinski definition) is 1. The van der Waals surface area contributed by atoms with Gasteiger partial charge in [0.15, 0.2) is 0 Å². The van der Waals surface area contributed by atoms with E-state index in [-0.39, 0.29) is 6.04 Å². The van der Waals surface area contributed by atoms with Crippen molar-refractivity contribution in [2.75, 3.05) is 7.11 Å². The molecule has 1 atom stereocenters. The van der Waals surface area contributed by atoms with Crippen molar-refractivity contribution in [2.24, 2.45) is 7.05 Å². The molecule has 7 nitrogen and oxygen atoms in total. The Morgan fingerprint density at radius 1 is 1.16 bits per heavy atom. The number of fused-ring (bicyclic) bond motifs is 1. The second-order valence-corrected chi connectivity index (χ2v) is 7.19. The molecule has 138 valence electrons. The molecule has 0 radical (unpaired) electrons. The van der Waals surface area contributed by atoms with Crippen LogP contribution in [-0.2, 0) is 26.6 Å². The highest BCUT2D eigenvalue weighted by atomic mass is 16.5. The second-order valence-electron chi connectivity index (χ2n) is 7.19. The molecule has 0 amide bonds. The lowest BCUT2D eigenvalue weighted by Crippen LogP contribution is -2.23. The number of hydrogen-bond acceptors (Lipinski definition) is 5. The van der Waals surface area contributed by atoms with Gasteiger partial charge in [0.05, 0.1) is 24.4 Å². The number of ether oxygens (including phenoxy) is 1. The van der Waals surface area contributed by atoms with Gasteiger partial charge < -0.3 is 14.6 Å². The van der Waals surface area contributed by atoms with Crippen molar-refractivity contribution in [3.05, 3.63) is 22.9 Å². The average molecular weight is 346 g/mol. The van der Waals surface area contributed by atoms with Gasteiger partial charge in [-0.2, -0.15) is 5.10 Å². The summed E-state index contributed by atoms with van der Waals surface area (Å²) in [6, 6.07) is 0.129. The van der Waals surface area contributed by atoms with Crippen LogP contribution in [-0.4, -0.2) is 31.7 Å². The number of nitrogens with one attached hydrogen (secondary N) is 1. The van der Waals surface area contributed by atoms with Gasteiger partial charge in [0.1, 0.15) is 11.6 Å². The Kier molecular flexibility index (Phi) is 5.42. The van der Waals surface area contributed by atoms with Gasteiger partial charge in [-0.25, -0.2) is 4.68 Å². The Bertz CT molecular complexity index is 717. The van der Waals surface area contributed by atoms with E-state index in [1.54, 1.807) is 7.11 Å². The molecule has 1 aliphatic heterocycles. The van der Waals surface area contributed by atoms with Crippen LogP contribution < -0.4 is 10.1 Å². The van der Waals surface area contributed by atoms with Crippen molar-refractivity contribution in [1.82, 2.24) is 29.9 Å². The van der Waals surface area contributed by atoms with Gasteiger partial charge in [0, 0.05) is 26.6 Å². The number of nitrogens with zero attached hydrogens (tertiary/aromatic N) is 5. The molecule has 0 aromatic carbocycles. The molecule has 25 heavy (non-hydrogen) atoms. The summed E-state index contributed by atoms with van der Waals surface area (Å²) in [6.07, 6.45) is 4.73. The van der Waals surface area contributed by atoms with E-state index in [2.05, 4.69) is 46.0 Å². The first kappa shape index (κ1) is 17.9. The molecule has 0 unspecified atom stereocenters. The van der Waals surface area contributed by atoms with Crippen molar-refractivity contribution >= 4 is 0 Å². The average Bonchev–Trinajstić information content (AvgIpc) is 3.04. The van der Waals surface area contributed by atoms with Gasteiger partial charge >= 0.3 is 0 Å². The number of rotatable bonds is 6. The minimum atomic E-state index is 0.129. The van der Waals surface area contributed by atoms with E-state index in [1.165, 1.54) is 19.3 Å². The van der Waals surface area contributed by atoms with E-state index in [4.69, 9.17) is 4.74 Å². The predicted octanol–water partition coefficient (Wildman–Crippen LogP) is 2.72. The Labute approximate surface area is 149 Å². The van der Waals surface area contributed by atoms with Crippen LogP contribution in [0, 0.1) is 0 Å². The van der Waals surface area contributed by atoms with Crippen molar-refractivity contribution < 1.29 is 4.74 Å². The van der Waals surface area contributed by atoms with E-state index in [1.807, 2.05) is 11.7 Å². The summed E-state index contributed by atoms with van der Waals surface area (Å²) in [5, 5.41) is 17.1. The molecule has 1 N–H and O–H groups in total. The molecule has 2 aromatic rings. The zero-order valence-electron chi connectivity index (χ0n) is 16.0. The van der Waals surface area contributed by atoms with Gasteiger partial charge in [-0.05, 0) is 25.7 Å². The van der Waals surface area contributed by atoms with Crippen LogP contribution in [0.15, 0.2) is 0 Å². The zero-order chi connectivity index (χ0) is 18.0.